The Kier molecular flexibility index (Phi) is 6.98. The predicted octanol–water partition coefficient (Wildman–Crippen LogP) is 5.64. The van der Waals surface area contributed by atoms with Gasteiger partial charge in [0.05, 0.1) is 36.9 Å². The number of carboxylic acids is 1. The van der Waals surface area contributed by atoms with E-state index in [1.54, 1.807) is 4.90 Å². The van der Waals surface area contributed by atoms with Crippen molar-refractivity contribution in [3.63, 3.8) is 0 Å². The van der Waals surface area contributed by atoms with Crippen LogP contribution in [0.25, 0.3) is 11.0 Å². The van der Waals surface area contributed by atoms with E-state index in [1.807, 2.05) is 19.1 Å². The monoisotopic (exact) mass is 527 g/mol. The minimum atomic E-state index is -0.785. The van der Waals surface area contributed by atoms with Crippen molar-refractivity contribution in [2.75, 3.05) is 19.1 Å². The molecule has 8 nitrogen and oxygen atoms in total. The summed E-state index contributed by atoms with van der Waals surface area (Å²) in [6.45, 7) is 1.97. The number of aromatic nitrogens is 2. The maximum Gasteiger partial charge on any atom is 0.414 e. The maximum absolute atomic E-state index is 14.5. The van der Waals surface area contributed by atoms with Gasteiger partial charge in [0.2, 0.25) is 0 Å². The van der Waals surface area contributed by atoms with Crippen LogP contribution in [0.5, 0.6) is 5.75 Å². The van der Waals surface area contributed by atoms with Gasteiger partial charge < -0.3 is 19.1 Å². The number of aliphatic carboxylic acids is 1. The Morgan fingerprint density at radius 2 is 1.76 bits per heavy atom. The van der Waals surface area contributed by atoms with Gasteiger partial charge >= 0.3 is 12.1 Å². The molecule has 1 atom stereocenters. The molecule has 2 heterocycles. The first kappa shape index (κ1) is 25.9. The van der Waals surface area contributed by atoms with Crippen LogP contribution >= 0.6 is 0 Å². The molecule has 1 aliphatic carbocycles. The topological polar surface area (TPSA) is 93.9 Å². The number of fused-ring (bicyclic) bond motifs is 3. The molecule has 202 valence electrons. The summed E-state index contributed by atoms with van der Waals surface area (Å²) in [5, 5.41) is 9.47. The van der Waals surface area contributed by atoms with Crippen LogP contribution in [0, 0.1) is 17.6 Å². The Morgan fingerprint density at radius 1 is 1.08 bits per heavy atom. The molecular formula is C28H31F2N3O5. The van der Waals surface area contributed by atoms with Crippen LogP contribution in [-0.4, -0.2) is 47.0 Å². The van der Waals surface area contributed by atoms with E-state index in [0.717, 1.165) is 35.1 Å². The summed E-state index contributed by atoms with van der Waals surface area (Å²) in [5.41, 5.74) is 3.70. The Morgan fingerprint density at radius 3 is 2.37 bits per heavy atom. The number of anilines is 1. The van der Waals surface area contributed by atoms with E-state index in [2.05, 4.69) is 4.57 Å². The van der Waals surface area contributed by atoms with Gasteiger partial charge in [0.25, 0.3) is 0 Å². The van der Waals surface area contributed by atoms with E-state index in [4.69, 9.17) is 14.5 Å². The molecule has 1 N–H and O–H groups in total. The molecule has 1 aromatic heterocycles. The van der Waals surface area contributed by atoms with Crippen molar-refractivity contribution in [1.82, 2.24) is 9.55 Å². The molecule has 10 heteroatoms. The van der Waals surface area contributed by atoms with E-state index in [1.165, 1.54) is 26.4 Å². The maximum atomic E-state index is 14.5. The molecule has 0 radical (unpaired) electrons. The van der Waals surface area contributed by atoms with Crippen LogP contribution in [0.15, 0.2) is 24.3 Å². The summed E-state index contributed by atoms with van der Waals surface area (Å²) in [6, 6.07) is 6.30. The van der Waals surface area contributed by atoms with Gasteiger partial charge in [-0.3, -0.25) is 9.69 Å². The normalized spacial score (nSPS) is 21.3. The number of halogens is 2. The molecule has 0 bridgehead atoms. The average molecular weight is 528 g/mol. The molecule has 38 heavy (non-hydrogen) atoms. The zero-order chi connectivity index (χ0) is 27.1. The smallest absolute Gasteiger partial charge is 0.414 e. The minimum absolute atomic E-state index is 0.00387. The molecule has 1 saturated carbocycles. The Hall–Kier alpha value is -3.69. The highest BCUT2D eigenvalue weighted by molar-refractivity contribution is 5.95. The first-order valence-electron chi connectivity index (χ1n) is 12.9. The summed E-state index contributed by atoms with van der Waals surface area (Å²) in [5.74, 6) is -2.52. The fraction of sp³-hybridized carbons (Fsp3) is 0.464. The molecule has 0 saturated heterocycles. The highest BCUT2D eigenvalue weighted by Crippen LogP contribution is 2.41. The average Bonchev–Trinajstić information content (AvgIpc) is 3.26. The number of carboxylic acid groups (broad SMARTS) is 1. The van der Waals surface area contributed by atoms with Crippen molar-refractivity contribution < 1.29 is 33.0 Å². The second kappa shape index (κ2) is 10.2. The van der Waals surface area contributed by atoms with E-state index in [-0.39, 0.29) is 24.4 Å². The van der Waals surface area contributed by atoms with Crippen LogP contribution in [0.1, 0.15) is 62.0 Å². The van der Waals surface area contributed by atoms with Crippen molar-refractivity contribution in [2.24, 2.45) is 5.92 Å². The number of imidazole rings is 1. The number of hydrogen-bond acceptors (Lipinski definition) is 5. The van der Waals surface area contributed by atoms with Crippen LogP contribution in [-0.2, 0) is 22.4 Å². The number of carbonyl (C=O) groups excluding carboxylic acids is 1. The number of rotatable bonds is 5. The lowest BCUT2D eigenvalue weighted by Gasteiger charge is -2.34. The van der Waals surface area contributed by atoms with Gasteiger partial charge in [-0.25, -0.2) is 18.6 Å². The summed E-state index contributed by atoms with van der Waals surface area (Å²) in [4.78, 5) is 30.8. The summed E-state index contributed by atoms with van der Waals surface area (Å²) < 4.78 is 41.0. The van der Waals surface area contributed by atoms with Crippen LogP contribution in [0.3, 0.4) is 0 Å². The molecule has 1 fully saturated rings. The summed E-state index contributed by atoms with van der Waals surface area (Å²) in [7, 11) is 2.57. The zero-order valence-corrected chi connectivity index (χ0v) is 21.7. The zero-order valence-electron chi connectivity index (χ0n) is 21.7. The number of aryl methyl sites for hydroxylation is 1. The van der Waals surface area contributed by atoms with Gasteiger partial charge in [0.15, 0.2) is 17.4 Å². The number of nitrogens with zero attached hydrogens (tertiary/aromatic N) is 3. The van der Waals surface area contributed by atoms with Gasteiger partial charge in [0, 0.05) is 24.1 Å². The highest BCUT2D eigenvalue weighted by atomic mass is 19.1. The first-order valence-corrected chi connectivity index (χ1v) is 12.9. The summed E-state index contributed by atoms with van der Waals surface area (Å²) >= 11 is 0. The third-order valence-electron chi connectivity index (χ3n) is 7.93. The third-order valence-corrected chi connectivity index (χ3v) is 7.93. The Balaban J connectivity index is 1.62. The molecule has 3 aromatic rings. The van der Waals surface area contributed by atoms with Gasteiger partial charge in [0.1, 0.15) is 5.82 Å². The fourth-order valence-corrected chi connectivity index (χ4v) is 6.03. The standard InChI is InChI=1S/C28H31F2N3O5/c1-15-4-9-19-22(32(15)28(36)38-3)10-11-23-25(19)31-24(14-16-12-20(29)26(37-2)21(30)13-16)33(23)18-7-5-17(6-8-18)27(34)35/h10-13,15,17-18H,4-9,14H2,1-3H3,(H,34,35). The van der Waals surface area contributed by atoms with Gasteiger partial charge in [-0.1, -0.05) is 0 Å². The number of hydrogen-bond donors (Lipinski definition) is 1. The first-order chi connectivity index (χ1) is 18.2. The molecule has 2 aliphatic rings. The number of methoxy groups -OCH3 is 2. The molecule has 1 aliphatic heterocycles. The van der Waals surface area contributed by atoms with E-state index >= 15 is 0 Å². The third kappa shape index (κ3) is 4.46. The predicted molar refractivity (Wildman–Crippen MR) is 137 cm³/mol. The van der Waals surface area contributed by atoms with Crippen LogP contribution < -0.4 is 9.64 Å². The lowest BCUT2D eigenvalue weighted by atomic mass is 9.85. The summed E-state index contributed by atoms with van der Waals surface area (Å²) in [6.07, 6.45) is 3.60. The van der Waals surface area contributed by atoms with Crippen molar-refractivity contribution >= 4 is 28.8 Å². The number of carbonyl (C=O) groups is 2. The van der Waals surface area contributed by atoms with Crippen molar-refractivity contribution in [3.8, 4) is 5.75 Å². The number of amides is 1. The number of ether oxygens (including phenoxy) is 2. The molecule has 2 aromatic carbocycles. The molecule has 1 amide bonds. The molecule has 5 rings (SSSR count). The van der Waals surface area contributed by atoms with E-state index < -0.39 is 29.4 Å². The Labute approximate surface area is 219 Å². The second-order valence-corrected chi connectivity index (χ2v) is 10.2. The van der Waals surface area contributed by atoms with E-state index in [9.17, 15) is 23.5 Å². The van der Waals surface area contributed by atoms with Gasteiger partial charge in [-0.05, 0) is 75.3 Å². The largest absolute Gasteiger partial charge is 0.491 e. The Bertz CT molecular complexity index is 1370. The van der Waals surface area contributed by atoms with Crippen LogP contribution in [0.4, 0.5) is 19.3 Å². The molecular weight excluding hydrogens is 496 g/mol. The molecule has 0 spiro atoms. The molecule has 1 unspecified atom stereocenters. The van der Waals surface area contributed by atoms with Crippen molar-refractivity contribution in [3.05, 3.63) is 52.9 Å². The highest BCUT2D eigenvalue weighted by Gasteiger charge is 2.33. The fourth-order valence-electron chi connectivity index (χ4n) is 6.03. The lowest BCUT2D eigenvalue weighted by molar-refractivity contribution is -0.143. The van der Waals surface area contributed by atoms with Crippen molar-refractivity contribution in [2.45, 2.75) is 64.0 Å². The van der Waals surface area contributed by atoms with Gasteiger partial charge in [-0.15, -0.1) is 0 Å². The van der Waals surface area contributed by atoms with Gasteiger partial charge in [-0.2, -0.15) is 0 Å². The quantitative estimate of drug-likeness (QED) is 0.462. The lowest BCUT2D eigenvalue weighted by Crippen LogP contribution is -2.42. The minimum Gasteiger partial charge on any atom is -0.491 e. The van der Waals surface area contributed by atoms with E-state index in [0.29, 0.717) is 37.1 Å². The number of benzene rings is 2. The van der Waals surface area contributed by atoms with Crippen LogP contribution in [0.2, 0.25) is 0 Å². The second-order valence-electron chi connectivity index (χ2n) is 10.2. The van der Waals surface area contributed by atoms with Crippen molar-refractivity contribution in [1.29, 1.82) is 0 Å². The SMILES string of the molecule is COC(=O)N1c2ccc3c(nc(Cc4cc(F)c(OC)c(F)c4)n3C3CCC(C(=O)O)CC3)c2CCC1C.